The Balaban J connectivity index is 2.19. The first-order valence-electron chi connectivity index (χ1n) is 5.38. The molecule has 0 spiro atoms. The number of rotatable bonds is 3. The zero-order chi connectivity index (χ0) is 13.8. The van der Waals surface area contributed by atoms with Crippen molar-refractivity contribution >= 4 is 28.8 Å². The Bertz CT molecular complexity index is 645. The van der Waals surface area contributed by atoms with E-state index in [4.69, 9.17) is 18.0 Å². The van der Waals surface area contributed by atoms with Crippen molar-refractivity contribution in [1.29, 1.82) is 0 Å². The lowest BCUT2D eigenvalue weighted by Gasteiger charge is -2.06. The molecule has 0 atom stereocenters. The number of pyridine rings is 1. The van der Waals surface area contributed by atoms with E-state index in [0.717, 1.165) is 12.3 Å². The molecule has 0 aliphatic heterocycles. The Morgan fingerprint density at radius 3 is 2.74 bits per heavy atom. The van der Waals surface area contributed by atoms with Crippen molar-refractivity contribution in [2.24, 2.45) is 5.73 Å². The van der Waals surface area contributed by atoms with Crippen LogP contribution >= 0.6 is 12.2 Å². The molecule has 0 fully saturated rings. The fourth-order valence-corrected chi connectivity index (χ4v) is 1.62. The predicted octanol–water partition coefficient (Wildman–Crippen LogP) is 2.11. The van der Waals surface area contributed by atoms with Crippen LogP contribution in [0.3, 0.4) is 0 Å². The normalized spacial score (nSPS) is 9.95. The number of nitrogens with two attached hydrogens (primary N) is 1. The molecule has 0 saturated carbocycles. The highest BCUT2D eigenvalue weighted by atomic mass is 32.1. The van der Waals surface area contributed by atoms with Crippen molar-refractivity contribution in [2.45, 2.75) is 0 Å². The molecule has 0 radical (unpaired) electrons. The number of hydrogen-bond donors (Lipinski definition) is 2. The summed E-state index contributed by atoms with van der Waals surface area (Å²) >= 11 is 4.85. The number of thiocarbonyl (C=S) groups is 1. The Morgan fingerprint density at radius 1 is 1.26 bits per heavy atom. The number of carbonyl (C=O) groups excluding carboxylic acids is 1. The van der Waals surface area contributed by atoms with Crippen LogP contribution in [0.15, 0.2) is 42.7 Å². The summed E-state index contributed by atoms with van der Waals surface area (Å²) in [5.41, 5.74) is 6.81. The van der Waals surface area contributed by atoms with Gasteiger partial charge >= 0.3 is 0 Å². The molecule has 2 aromatic rings. The van der Waals surface area contributed by atoms with Crippen molar-refractivity contribution in [2.75, 3.05) is 5.32 Å². The van der Waals surface area contributed by atoms with Crippen LogP contribution in [-0.4, -0.2) is 15.9 Å². The number of anilines is 1. The Morgan fingerprint density at radius 2 is 2.05 bits per heavy atom. The molecule has 1 aromatic carbocycles. The van der Waals surface area contributed by atoms with Gasteiger partial charge in [0.25, 0.3) is 5.91 Å². The van der Waals surface area contributed by atoms with Gasteiger partial charge in [-0.05, 0) is 18.2 Å². The monoisotopic (exact) mass is 275 g/mol. The molecule has 0 saturated heterocycles. The SMILES string of the molecule is NC(=S)c1cccc(NC(=O)c2cncc(F)c2)c1. The van der Waals surface area contributed by atoms with E-state index in [1.54, 1.807) is 24.3 Å². The van der Waals surface area contributed by atoms with Crippen molar-refractivity contribution < 1.29 is 9.18 Å². The van der Waals surface area contributed by atoms with Crippen molar-refractivity contribution in [1.82, 2.24) is 4.98 Å². The van der Waals surface area contributed by atoms with Gasteiger partial charge in [-0.3, -0.25) is 9.78 Å². The minimum absolute atomic E-state index is 0.140. The van der Waals surface area contributed by atoms with Gasteiger partial charge in [0.1, 0.15) is 10.8 Å². The number of halogens is 1. The molecule has 4 nitrogen and oxygen atoms in total. The van der Waals surface area contributed by atoms with E-state index in [-0.39, 0.29) is 10.6 Å². The number of aromatic nitrogens is 1. The molecule has 0 bridgehead atoms. The maximum Gasteiger partial charge on any atom is 0.257 e. The number of benzene rings is 1. The predicted molar refractivity (Wildman–Crippen MR) is 74.5 cm³/mol. The number of amides is 1. The lowest BCUT2D eigenvalue weighted by Crippen LogP contribution is -2.14. The van der Waals surface area contributed by atoms with Crippen molar-refractivity contribution in [3.05, 3.63) is 59.7 Å². The van der Waals surface area contributed by atoms with Crippen LogP contribution in [0.1, 0.15) is 15.9 Å². The molecule has 6 heteroatoms. The van der Waals surface area contributed by atoms with E-state index in [9.17, 15) is 9.18 Å². The molecule has 1 amide bonds. The van der Waals surface area contributed by atoms with Crippen LogP contribution < -0.4 is 11.1 Å². The zero-order valence-electron chi connectivity index (χ0n) is 9.76. The van der Waals surface area contributed by atoms with Gasteiger partial charge in [0.2, 0.25) is 0 Å². The van der Waals surface area contributed by atoms with E-state index in [2.05, 4.69) is 10.3 Å². The van der Waals surface area contributed by atoms with E-state index in [0.29, 0.717) is 11.3 Å². The molecule has 19 heavy (non-hydrogen) atoms. The van der Waals surface area contributed by atoms with Crippen LogP contribution in [0.4, 0.5) is 10.1 Å². The topological polar surface area (TPSA) is 68.0 Å². The number of hydrogen-bond acceptors (Lipinski definition) is 3. The summed E-state index contributed by atoms with van der Waals surface area (Å²) in [7, 11) is 0. The van der Waals surface area contributed by atoms with Crippen LogP contribution in [0.2, 0.25) is 0 Å². The summed E-state index contributed by atoms with van der Waals surface area (Å²) in [4.78, 5) is 15.7. The number of carbonyl (C=O) groups is 1. The molecule has 2 rings (SSSR count). The average Bonchev–Trinajstić information content (AvgIpc) is 2.39. The molecular formula is C13H10FN3OS. The second kappa shape index (κ2) is 5.53. The number of nitrogens with zero attached hydrogens (tertiary/aromatic N) is 1. The van der Waals surface area contributed by atoms with E-state index in [1.807, 2.05) is 0 Å². The largest absolute Gasteiger partial charge is 0.389 e. The second-order valence-corrected chi connectivity index (χ2v) is 4.23. The lowest BCUT2D eigenvalue weighted by atomic mass is 10.2. The Hall–Kier alpha value is -2.34. The fourth-order valence-electron chi connectivity index (χ4n) is 1.49. The summed E-state index contributed by atoms with van der Waals surface area (Å²) in [5, 5.41) is 2.62. The molecule has 1 aromatic heterocycles. The molecule has 96 valence electrons. The minimum atomic E-state index is -0.565. The van der Waals surface area contributed by atoms with Crippen LogP contribution in [-0.2, 0) is 0 Å². The minimum Gasteiger partial charge on any atom is -0.389 e. The van der Waals surface area contributed by atoms with Crippen LogP contribution in [0.5, 0.6) is 0 Å². The molecule has 0 unspecified atom stereocenters. The first-order chi connectivity index (χ1) is 9.06. The smallest absolute Gasteiger partial charge is 0.257 e. The highest BCUT2D eigenvalue weighted by molar-refractivity contribution is 7.80. The summed E-state index contributed by atoms with van der Waals surface area (Å²) in [6.45, 7) is 0. The average molecular weight is 275 g/mol. The van der Waals surface area contributed by atoms with Gasteiger partial charge in [0.05, 0.1) is 11.8 Å². The van der Waals surface area contributed by atoms with Crippen molar-refractivity contribution in [3.63, 3.8) is 0 Å². The molecular weight excluding hydrogens is 265 g/mol. The summed E-state index contributed by atoms with van der Waals surface area (Å²) < 4.78 is 13.0. The van der Waals surface area contributed by atoms with Gasteiger partial charge in [0, 0.05) is 17.4 Å². The first-order valence-corrected chi connectivity index (χ1v) is 5.79. The molecule has 0 aliphatic carbocycles. The first kappa shape index (κ1) is 13.1. The third-order valence-electron chi connectivity index (χ3n) is 2.37. The van der Waals surface area contributed by atoms with Gasteiger partial charge in [-0.25, -0.2) is 4.39 Å². The Labute approximate surface area is 114 Å². The second-order valence-electron chi connectivity index (χ2n) is 3.79. The van der Waals surface area contributed by atoms with Gasteiger partial charge in [-0.2, -0.15) is 0 Å². The van der Waals surface area contributed by atoms with Gasteiger partial charge in [-0.1, -0.05) is 24.4 Å². The van der Waals surface area contributed by atoms with Gasteiger partial charge in [0.15, 0.2) is 0 Å². The maximum absolute atomic E-state index is 13.0. The lowest BCUT2D eigenvalue weighted by molar-refractivity contribution is 0.102. The summed E-state index contributed by atoms with van der Waals surface area (Å²) in [6.07, 6.45) is 2.32. The van der Waals surface area contributed by atoms with Crippen LogP contribution in [0, 0.1) is 5.82 Å². The third-order valence-corrected chi connectivity index (χ3v) is 2.61. The van der Waals surface area contributed by atoms with E-state index in [1.165, 1.54) is 6.20 Å². The van der Waals surface area contributed by atoms with Gasteiger partial charge in [-0.15, -0.1) is 0 Å². The summed E-state index contributed by atoms with van der Waals surface area (Å²) in [5.74, 6) is -1.02. The standard InChI is InChI=1S/C13H10FN3OS/c14-10-4-9(6-16-7-10)13(18)17-11-3-1-2-8(5-11)12(15)19/h1-7H,(H2,15,19)(H,17,18). The van der Waals surface area contributed by atoms with Gasteiger partial charge < -0.3 is 11.1 Å². The zero-order valence-corrected chi connectivity index (χ0v) is 10.6. The number of nitrogens with one attached hydrogen (secondary N) is 1. The summed E-state index contributed by atoms with van der Waals surface area (Å²) in [6, 6.07) is 7.90. The third kappa shape index (κ3) is 3.32. The Kier molecular flexibility index (Phi) is 3.82. The fraction of sp³-hybridized carbons (Fsp3) is 0. The maximum atomic E-state index is 13.0. The molecule has 1 heterocycles. The van der Waals surface area contributed by atoms with E-state index < -0.39 is 11.7 Å². The van der Waals surface area contributed by atoms with Crippen molar-refractivity contribution in [3.8, 4) is 0 Å². The highest BCUT2D eigenvalue weighted by Crippen LogP contribution is 2.12. The quantitative estimate of drug-likeness (QED) is 0.842. The molecule has 0 aliphatic rings. The highest BCUT2D eigenvalue weighted by Gasteiger charge is 2.08. The van der Waals surface area contributed by atoms with Crippen LogP contribution in [0.25, 0.3) is 0 Å². The molecule has 3 N–H and O–H groups in total. The van der Waals surface area contributed by atoms with E-state index >= 15 is 0 Å².